The van der Waals surface area contributed by atoms with Crippen molar-refractivity contribution in [1.29, 1.82) is 0 Å². The maximum atomic E-state index is 12.5. The first-order valence-corrected chi connectivity index (χ1v) is 8.36. The smallest absolute Gasteiger partial charge is 0.316 e. The highest BCUT2D eigenvalue weighted by molar-refractivity contribution is 5.94. The van der Waals surface area contributed by atoms with Crippen LogP contribution in [0.5, 0.6) is 0 Å². The summed E-state index contributed by atoms with van der Waals surface area (Å²) in [4.78, 5) is 24.4. The number of nitrogens with zero attached hydrogens (tertiary/aromatic N) is 1. The van der Waals surface area contributed by atoms with Crippen molar-refractivity contribution in [3.05, 3.63) is 35.4 Å². The molecule has 2 aliphatic rings. The minimum atomic E-state index is -0.498. The van der Waals surface area contributed by atoms with Gasteiger partial charge < -0.3 is 4.74 Å². The third-order valence-corrected chi connectivity index (χ3v) is 5.21. The second-order valence-electron chi connectivity index (χ2n) is 6.66. The van der Waals surface area contributed by atoms with E-state index >= 15 is 0 Å². The molecule has 0 aromatic heterocycles. The van der Waals surface area contributed by atoms with Crippen molar-refractivity contribution in [3.63, 3.8) is 0 Å². The molecule has 1 aromatic rings. The number of hydrazine groups is 1. The third kappa shape index (κ3) is 2.98. The third-order valence-electron chi connectivity index (χ3n) is 5.21. The van der Waals surface area contributed by atoms with Gasteiger partial charge in [-0.3, -0.25) is 14.6 Å². The Morgan fingerprint density at radius 2 is 1.74 bits per heavy atom. The molecular formula is C18H24N2O3. The van der Waals surface area contributed by atoms with Gasteiger partial charge in [0.05, 0.1) is 12.5 Å². The molecule has 0 radical (unpaired) electrons. The fourth-order valence-corrected chi connectivity index (χ4v) is 3.54. The molecular weight excluding hydrogens is 292 g/mol. The second-order valence-corrected chi connectivity index (χ2v) is 6.66. The number of nitrogens with two attached hydrogens (primary N) is 1. The van der Waals surface area contributed by atoms with Crippen molar-refractivity contribution in [2.75, 3.05) is 7.11 Å². The number of esters is 1. The number of ether oxygens (including phenoxy) is 1. The van der Waals surface area contributed by atoms with Crippen LogP contribution in [0.3, 0.4) is 0 Å². The van der Waals surface area contributed by atoms with E-state index in [-0.39, 0.29) is 17.9 Å². The number of hydrogen-bond donors (Lipinski definition) is 1. The molecule has 0 heterocycles. The predicted molar refractivity (Wildman–Crippen MR) is 86.6 cm³/mol. The molecule has 5 heteroatoms. The van der Waals surface area contributed by atoms with Gasteiger partial charge in [-0.05, 0) is 43.4 Å². The standard InChI is InChI=1S/C18H24N2O3/c1-23-17(22)18(11-12-18)14-9-7-13(8-10-14)16(21)20(19)15-5-3-2-4-6-15/h7-10,15H,2-6,11-12,19H2,1H3. The molecule has 5 nitrogen and oxygen atoms in total. The zero-order chi connectivity index (χ0) is 16.4. The lowest BCUT2D eigenvalue weighted by atomic mass is 9.93. The van der Waals surface area contributed by atoms with Gasteiger partial charge in [0.2, 0.25) is 0 Å². The molecule has 0 saturated heterocycles. The van der Waals surface area contributed by atoms with Gasteiger partial charge in [0.15, 0.2) is 0 Å². The van der Waals surface area contributed by atoms with Crippen LogP contribution in [0.1, 0.15) is 60.9 Å². The molecule has 3 rings (SSSR count). The topological polar surface area (TPSA) is 72.6 Å². The lowest BCUT2D eigenvalue weighted by molar-refractivity contribution is -0.143. The van der Waals surface area contributed by atoms with Gasteiger partial charge in [0.1, 0.15) is 0 Å². The highest BCUT2D eigenvalue weighted by Crippen LogP contribution is 2.49. The van der Waals surface area contributed by atoms with E-state index in [4.69, 9.17) is 10.6 Å². The number of carbonyl (C=O) groups excluding carboxylic acids is 2. The molecule has 1 amide bonds. The molecule has 2 N–H and O–H groups in total. The molecule has 0 spiro atoms. The Balaban J connectivity index is 1.72. The lowest BCUT2D eigenvalue weighted by Gasteiger charge is -2.30. The molecule has 0 unspecified atom stereocenters. The predicted octanol–water partition coefficient (Wildman–Crippen LogP) is 2.54. The molecule has 1 aromatic carbocycles. The Labute approximate surface area is 136 Å². The van der Waals surface area contributed by atoms with Gasteiger partial charge in [0, 0.05) is 11.6 Å². The molecule has 23 heavy (non-hydrogen) atoms. The minimum Gasteiger partial charge on any atom is -0.468 e. The van der Waals surface area contributed by atoms with E-state index in [0.717, 1.165) is 44.1 Å². The first-order chi connectivity index (χ1) is 11.1. The monoisotopic (exact) mass is 316 g/mol. The SMILES string of the molecule is COC(=O)C1(c2ccc(C(=O)N(N)C3CCCCC3)cc2)CC1. The minimum absolute atomic E-state index is 0.140. The fraction of sp³-hybridized carbons (Fsp3) is 0.556. The van der Waals surface area contributed by atoms with Crippen LogP contribution in [0.2, 0.25) is 0 Å². The summed E-state index contributed by atoms with van der Waals surface area (Å²) in [5.74, 6) is 5.70. The van der Waals surface area contributed by atoms with Crippen molar-refractivity contribution in [2.24, 2.45) is 5.84 Å². The largest absolute Gasteiger partial charge is 0.468 e. The van der Waals surface area contributed by atoms with Crippen molar-refractivity contribution in [3.8, 4) is 0 Å². The number of methoxy groups -OCH3 is 1. The van der Waals surface area contributed by atoms with E-state index in [2.05, 4.69) is 0 Å². The number of benzene rings is 1. The van der Waals surface area contributed by atoms with Crippen LogP contribution in [0.15, 0.2) is 24.3 Å². The summed E-state index contributed by atoms with van der Waals surface area (Å²) in [5.41, 5.74) is 0.992. The Bertz CT molecular complexity index is 587. The molecule has 2 aliphatic carbocycles. The van der Waals surface area contributed by atoms with Crippen LogP contribution in [0, 0.1) is 0 Å². The number of rotatable bonds is 4. The zero-order valence-corrected chi connectivity index (χ0v) is 13.6. The second kappa shape index (κ2) is 6.32. The van der Waals surface area contributed by atoms with Crippen LogP contribution >= 0.6 is 0 Å². The van der Waals surface area contributed by atoms with E-state index in [1.807, 2.05) is 12.1 Å². The Hall–Kier alpha value is -1.88. The van der Waals surface area contributed by atoms with Crippen LogP contribution in [-0.4, -0.2) is 30.0 Å². The quantitative estimate of drug-likeness (QED) is 0.401. The normalized spacial score (nSPS) is 19.9. The summed E-state index contributed by atoms with van der Waals surface area (Å²) in [6.45, 7) is 0. The molecule has 2 saturated carbocycles. The van der Waals surface area contributed by atoms with Crippen molar-refractivity contribution in [2.45, 2.75) is 56.4 Å². The first kappa shape index (κ1) is 16.0. The molecule has 124 valence electrons. The summed E-state index contributed by atoms with van der Waals surface area (Å²) in [6, 6.07) is 7.38. The van der Waals surface area contributed by atoms with Gasteiger partial charge in [-0.25, -0.2) is 5.84 Å². The van der Waals surface area contributed by atoms with E-state index < -0.39 is 5.41 Å². The summed E-state index contributed by atoms with van der Waals surface area (Å²) in [5, 5.41) is 1.39. The van der Waals surface area contributed by atoms with Crippen molar-refractivity contribution < 1.29 is 14.3 Å². The molecule has 2 fully saturated rings. The van der Waals surface area contributed by atoms with E-state index in [1.54, 1.807) is 12.1 Å². The molecule has 0 aliphatic heterocycles. The highest BCUT2D eigenvalue weighted by Gasteiger charge is 2.52. The summed E-state index contributed by atoms with van der Waals surface area (Å²) < 4.78 is 4.89. The maximum absolute atomic E-state index is 12.5. The number of carbonyl (C=O) groups is 2. The number of hydrogen-bond acceptors (Lipinski definition) is 4. The Morgan fingerprint density at radius 3 is 2.26 bits per heavy atom. The van der Waals surface area contributed by atoms with Gasteiger partial charge >= 0.3 is 5.97 Å². The van der Waals surface area contributed by atoms with E-state index in [9.17, 15) is 9.59 Å². The maximum Gasteiger partial charge on any atom is 0.316 e. The first-order valence-electron chi connectivity index (χ1n) is 8.36. The van der Waals surface area contributed by atoms with Gasteiger partial charge in [-0.15, -0.1) is 0 Å². The van der Waals surface area contributed by atoms with Gasteiger partial charge in [0.25, 0.3) is 5.91 Å². The molecule has 0 bridgehead atoms. The van der Waals surface area contributed by atoms with E-state index in [1.165, 1.54) is 18.5 Å². The summed E-state index contributed by atoms with van der Waals surface area (Å²) >= 11 is 0. The summed E-state index contributed by atoms with van der Waals surface area (Å²) in [7, 11) is 1.41. The van der Waals surface area contributed by atoms with Crippen LogP contribution < -0.4 is 5.84 Å². The van der Waals surface area contributed by atoms with E-state index in [0.29, 0.717) is 5.56 Å². The lowest BCUT2D eigenvalue weighted by Crippen LogP contribution is -2.46. The average molecular weight is 316 g/mol. The highest BCUT2D eigenvalue weighted by atomic mass is 16.5. The van der Waals surface area contributed by atoms with Crippen LogP contribution in [-0.2, 0) is 14.9 Å². The Morgan fingerprint density at radius 1 is 1.13 bits per heavy atom. The van der Waals surface area contributed by atoms with Crippen LogP contribution in [0.25, 0.3) is 0 Å². The van der Waals surface area contributed by atoms with Crippen LogP contribution in [0.4, 0.5) is 0 Å². The fourth-order valence-electron chi connectivity index (χ4n) is 3.54. The van der Waals surface area contributed by atoms with Gasteiger partial charge in [-0.1, -0.05) is 31.4 Å². The molecule has 0 atom stereocenters. The van der Waals surface area contributed by atoms with Crippen molar-refractivity contribution >= 4 is 11.9 Å². The number of amides is 1. The van der Waals surface area contributed by atoms with Crippen molar-refractivity contribution in [1.82, 2.24) is 5.01 Å². The zero-order valence-electron chi connectivity index (χ0n) is 13.6. The Kier molecular flexibility index (Phi) is 4.39. The summed E-state index contributed by atoms with van der Waals surface area (Å²) in [6.07, 6.45) is 7.05. The average Bonchev–Trinajstić information content (AvgIpc) is 3.42. The van der Waals surface area contributed by atoms with Gasteiger partial charge in [-0.2, -0.15) is 0 Å².